The molecule has 0 atom stereocenters. The first-order valence-corrected chi connectivity index (χ1v) is 5.85. The number of rotatable bonds is 7. The summed E-state index contributed by atoms with van der Waals surface area (Å²) >= 11 is 0. The Morgan fingerprint density at radius 3 is 2.88 bits per heavy atom. The van der Waals surface area contributed by atoms with Crippen molar-refractivity contribution in [2.75, 3.05) is 18.0 Å². The van der Waals surface area contributed by atoms with E-state index in [-0.39, 0.29) is 12.5 Å². The van der Waals surface area contributed by atoms with Gasteiger partial charge in [0, 0.05) is 25.0 Å². The van der Waals surface area contributed by atoms with Gasteiger partial charge in [0.2, 0.25) is 5.91 Å². The Morgan fingerprint density at radius 1 is 1.53 bits per heavy atom. The molecule has 0 aliphatic rings. The minimum atomic E-state index is -0.327. The van der Waals surface area contributed by atoms with Crippen LogP contribution in [0.15, 0.2) is 18.3 Å². The highest BCUT2D eigenvalue weighted by Gasteiger charge is 2.09. The van der Waals surface area contributed by atoms with Crippen LogP contribution in [0.3, 0.4) is 0 Å². The second-order valence-corrected chi connectivity index (χ2v) is 3.95. The van der Waals surface area contributed by atoms with E-state index in [4.69, 9.17) is 11.5 Å². The van der Waals surface area contributed by atoms with Crippen molar-refractivity contribution in [2.24, 2.45) is 11.5 Å². The van der Waals surface area contributed by atoms with Crippen molar-refractivity contribution in [3.05, 3.63) is 24.0 Å². The van der Waals surface area contributed by atoms with E-state index in [9.17, 15) is 4.79 Å². The van der Waals surface area contributed by atoms with Gasteiger partial charge in [-0.25, -0.2) is 0 Å². The van der Waals surface area contributed by atoms with Gasteiger partial charge in [-0.05, 0) is 18.6 Å². The van der Waals surface area contributed by atoms with E-state index in [2.05, 4.69) is 11.9 Å². The summed E-state index contributed by atoms with van der Waals surface area (Å²) in [5.74, 6) is -0.327. The Kier molecular flexibility index (Phi) is 5.42. The molecular formula is C12H20N4O. The number of hydrogen-bond acceptors (Lipinski definition) is 4. The second-order valence-electron chi connectivity index (χ2n) is 3.95. The number of nitrogens with zero attached hydrogens (tertiary/aromatic N) is 2. The van der Waals surface area contributed by atoms with E-state index >= 15 is 0 Å². The van der Waals surface area contributed by atoms with Crippen LogP contribution in [-0.4, -0.2) is 24.0 Å². The van der Waals surface area contributed by atoms with Crippen LogP contribution in [0, 0.1) is 0 Å². The normalized spacial score (nSPS) is 10.2. The smallest absolute Gasteiger partial charge is 0.236 e. The third-order valence-corrected chi connectivity index (χ3v) is 2.50. The predicted octanol–water partition coefficient (Wildman–Crippen LogP) is 0.632. The Hall–Kier alpha value is -1.62. The summed E-state index contributed by atoms with van der Waals surface area (Å²) in [7, 11) is 0. The molecule has 17 heavy (non-hydrogen) atoms. The van der Waals surface area contributed by atoms with Crippen molar-refractivity contribution in [3.8, 4) is 0 Å². The van der Waals surface area contributed by atoms with Crippen molar-refractivity contribution >= 4 is 11.6 Å². The van der Waals surface area contributed by atoms with Crippen LogP contribution in [0.5, 0.6) is 0 Å². The van der Waals surface area contributed by atoms with Crippen molar-refractivity contribution in [1.29, 1.82) is 0 Å². The van der Waals surface area contributed by atoms with Gasteiger partial charge in [-0.3, -0.25) is 9.78 Å². The molecule has 0 aliphatic heterocycles. The number of nitrogens with two attached hydrogens (primary N) is 2. The van der Waals surface area contributed by atoms with Gasteiger partial charge < -0.3 is 16.4 Å². The van der Waals surface area contributed by atoms with Crippen LogP contribution < -0.4 is 16.4 Å². The maximum atomic E-state index is 11.0. The van der Waals surface area contributed by atoms with Crippen molar-refractivity contribution in [1.82, 2.24) is 4.98 Å². The highest BCUT2D eigenvalue weighted by atomic mass is 16.1. The predicted molar refractivity (Wildman–Crippen MR) is 68.4 cm³/mol. The molecule has 1 heterocycles. The number of pyridine rings is 1. The molecule has 0 unspecified atom stereocenters. The van der Waals surface area contributed by atoms with Crippen molar-refractivity contribution in [3.63, 3.8) is 0 Å². The first kappa shape index (κ1) is 13.4. The molecular weight excluding hydrogens is 216 g/mol. The average Bonchev–Trinajstić information content (AvgIpc) is 2.34. The molecule has 5 nitrogen and oxygen atoms in total. The largest absolute Gasteiger partial charge is 0.368 e. The van der Waals surface area contributed by atoms with Crippen LogP contribution in [0.25, 0.3) is 0 Å². The summed E-state index contributed by atoms with van der Waals surface area (Å²) < 4.78 is 0. The van der Waals surface area contributed by atoms with Gasteiger partial charge in [0.05, 0.1) is 12.2 Å². The van der Waals surface area contributed by atoms with E-state index in [1.54, 1.807) is 6.20 Å². The van der Waals surface area contributed by atoms with Crippen molar-refractivity contribution < 1.29 is 4.79 Å². The highest BCUT2D eigenvalue weighted by molar-refractivity contribution is 5.79. The average molecular weight is 236 g/mol. The van der Waals surface area contributed by atoms with Gasteiger partial charge in [0.25, 0.3) is 0 Å². The fourth-order valence-corrected chi connectivity index (χ4v) is 1.61. The van der Waals surface area contributed by atoms with Crippen molar-refractivity contribution in [2.45, 2.75) is 26.3 Å². The zero-order valence-electron chi connectivity index (χ0n) is 10.2. The Bertz CT molecular complexity index is 367. The SMILES string of the molecule is CCCCN(CC(N)=O)c1ccnc(CN)c1. The van der Waals surface area contributed by atoms with Gasteiger partial charge in [0.15, 0.2) is 0 Å². The van der Waals surface area contributed by atoms with Gasteiger partial charge in [-0.1, -0.05) is 13.3 Å². The molecule has 0 saturated heterocycles. The van der Waals surface area contributed by atoms with Crippen LogP contribution in [0.1, 0.15) is 25.5 Å². The van der Waals surface area contributed by atoms with Gasteiger partial charge in [0.1, 0.15) is 0 Å². The van der Waals surface area contributed by atoms with Crippen LogP contribution in [-0.2, 0) is 11.3 Å². The number of carbonyl (C=O) groups is 1. The van der Waals surface area contributed by atoms with E-state index < -0.39 is 0 Å². The third kappa shape index (κ3) is 4.40. The lowest BCUT2D eigenvalue weighted by Crippen LogP contribution is -2.34. The third-order valence-electron chi connectivity index (χ3n) is 2.50. The number of anilines is 1. The Balaban J connectivity index is 2.82. The monoisotopic (exact) mass is 236 g/mol. The quantitative estimate of drug-likeness (QED) is 0.727. The van der Waals surface area contributed by atoms with Crippen LogP contribution >= 0.6 is 0 Å². The first-order valence-electron chi connectivity index (χ1n) is 5.85. The van der Waals surface area contributed by atoms with E-state index in [1.807, 2.05) is 17.0 Å². The minimum absolute atomic E-state index is 0.230. The number of carbonyl (C=O) groups excluding carboxylic acids is 1. The van der Waals surface area contributed by atoms with Gasteiger partial charge in [-0.15, -0.1) is 0 Å². The highest BCUT2D eigenvalue weighted by Crippen LogP contribution is 2.15. The molecule has 0 fully saturated rings. The number of primary amides is 1. The molecule has 0 bridgehead atoms. The summed E-state index contributed by atoms with van der Waals surface area (Å²) in [5.41, 5.74) is 12.6. The molecule has 0 spiro atoms. The number of aromatic nitrogens is 1. The number of unbranched alkanes of at least 4 members (excludes halogenated alkanes) is 1. The minimum Gasteiger partial charge on any atom is -0.368 e. The molecule has 5 heteroatoms. The topological polar surface area (TPSA) is 85.2 Å². The summed E-state index contributed by atoms with van der Waals surface area (Å²) in [4.78, 5) is 17.1. The lowest BCUT2D eigenvalue weighted by atomic mass is 10.2. The second kappa shape index (κ2) is 6.85. The maximum Gasteiger partial charge on any atom is 0.236 e. The lowest BCUT2D eigenvalue weighted by molar-refractivity contribution is -0.116. The Labute approximate surface area is 102 Å². The zero-order chi connectivity index (χ0) is 12.7. The molecule has 4 N–H and O–H groups in total. The summed E-state index contributed by atoms with van der Waals surface area (Å²) in [6.45, 7) is 3.55. The molecule has 1 amide bonds. The standard InChI is InChI=1S/C12H20N4O/c1-2-3-6-16(9-12(14)17)11-4-5-15-10(7-11)8-13/h4-5,7H,2-3,6,8-9,13H2,1H3,(H2,14,17). The van der Waals surface area contributed by atoms with Crippen LogP contribution in [0.2, 0.25) is 0 Å². The Morgan fingerprint density at radius 2 is 2.29 bits per heavy atom. The maximum absolute atomic E-state index is 11.0. The molecule has 0 radical (unpaired) electrons. The molecule has 0 aliphatic carbocycles. The van der Waals surface area contributed by atoms with Gasteiger partial charge >= 0.3 is 0 Å². The summed E-state index contributed by atoms with van der Waals surface area (Å²) in [6.07, 6.45) is 3.80. The summed E-state index contributed by atoms with van der Waals surface area (Å²) in [6, 6.07) is 3.77. The van der Waals surface area contributed by atoms with Gasteiger partial charge in [-0.2, -0.15) is 0 Å². The van der Waals surface area contributed by atoms with E-state index in [1.165, 1.54) is 0 Å². The molecule has 1 aromatic heterocycles. The fourth-order valence-electron chi connectivity index (χ4n) is 1.61. The molecule has 0 aromatic carbocycles. The molecule has 94 valence electrons. The number of amides is 1. The molecule has 1 aromatic rings. The van der Waals surface area contributed by atoms with E-state index in [0.717, 1.165) is 30.8 Å². The molecule has 1 rings (SSSR count). The van der Waals surface area contributed by atoms with Crippen LogP contribution in [0.4, 0.5) is 5.69 Å². The zero-order valence-corrected chi connectivity index (χ0v) is 10.2. The number of hydrogen-bond donors (Lipinski definition) is 2. The fraction of sp³-hybridized carbons (Fsp3) is 0.500. The summed E-state index contributed by atoms with van der Waals surface area (Å²) in [5, 5.41) is 0. The molecule has 0 saturated carbocycles. The lowest BCUT2D eigenvalue weighted by Gasteiger charge is -2.23. The van der Waals surface area contributed by atoms with E-state index in [0.29, 0.717) is 6.54 Å². The first-order chi connectivity index (χ1) is 8.17.